The summed E-state index contributed by atoms with van der Waals surface area (Å²) in [5.74, 6) is 1.46. The Bertz CT molecular complexity index is 1700. The molecule has 12 heteroatoms. The van der Waals surface area contributed by atoms with E-state index in [2.05, 4.69) is 76.8 Å². The van der Waals surface area contributed by atoms with Crippen molar-refractivity contribution in [2.24, 2.45) is 10.9 Å². The molecule has 2 heterocycles. The van der Waals surface area contributed by atoms with Crippen molar-refractivity contribution in [3.8, 4) is 22.8 Å². The molecule has 0 spiro atoms. The van der Waals surface area contributed by atoms with Crippen molar-refractivity contribution >= 4 is 28.6 Å². The number of carbonyl (C=O) groups is 1. The smallest absolute Gasteiger partial charge is 0.406 e. The van der Waals surface area contributed by atoms with E-state index in [4.69, 9.17) is 0 Å². The van der Waals surface area contributed by atoms with E-state index in [1.807, 2.05) is 24.3 Å². The molecule has 0 saturated carbocycles. The number of carbonyl (C=O) groups excluding carboxylic acids is 1. The Kier molecular flexibility index (Phi) is 10.6. The van der Waals surface area contributed by atoms with Crippen molar-refractivity contribution in [1.82, 2.24) is 20.1 Å². The number of aromatic nitrogens is 3. The number of thioether (sulfide) groups is 1. The summed E-state index contributed by atoms with van der Waals surface area (Å²) in [4.78, 5) is 24.0. The summed E-state index contributed by atoms with van der Waals surface area (Å²) in [6.07, 6.45) is -0.557. The van der Waals surface area contributed by atoms with Crippen LogP contribution in [0.1, 0.15) is 48.9 Å². The summed E-state index contributed by atoms with van der Waals surface area (Å²) in [6, 6.07) is 17.7. The number of ether oxygens (including phenoxy) is 1. The first kappa shape index (κ1) is 34.0. The van der Waals surface area contributed by atoms with E-state index in [-0.39, 0.29) is 17.8 Å². The highest BCUT2D eigenvalue weighted by molar-refractivity contribution is 8.14. The number of nitrogens with zero attached hydrogens (tertiary/aromatic N) is 5. The molecule has 1 N–H and O–H groups in total. The fraction of sp³-hybridized carbons (Fsp3) is 0.371. The number of aliphatic imine (C=N–C) groups is 1. The summed E-state index contributed by atoms with van der Waals surface area (Å²) >= 11 is 1.63. The first-order chi connectivity index (χ1) is 22.4. The summed E-state index contributed by atoms with van der Waals surface area (Å²) in [7, 11) is 0. The topological polar surface area (TPSA) is 84.6 Å². The molecule has 0 aliphatic carbocycles. The van der Waals surface area contributed by atoms with E-state index >= 15 is 0 Å². The molecule has 1 fully saturated rings. The number of amidine groups is 1. The van der Waals surface area contributed by atoms with Gasteiger partial charge in [0.25, 0.3) is 0 Å². The third-order valence-electron chi connectivity index (χ3n) is 8.02. The largest absolute Gasteiger partial charge is 0.573 e. The number of anilines is 1. The van der Waals surface area contributed by atoms with Gasteiger partial charge in [-0.1, -0.05) is 60.6 Å². The second kappa shape index (κ2) is 14.6. The molecule has 1 aliphatic rings. The zero-order valence-electron chi connectivity index (χ0n) is 27.1. The fourth-order valence-corrected chi connectivity index (χ4v) is 7.03. The van der Waals surface area contributed by atoms with Gasteiger partial charge in [-0.15, -0.1) is 18.3 Å². The van der Waals surface area contributed by atoms with Crippen LogP contribution >= 0.6 is 11.8 Å². The highest BCUT2D eigenvalue weighted by Gasteiger charge is 2.31. The number of alkyl halides is 3. The van der Waals surface area contributed by atoms with Gasteiger partial charge in [0.2, 0.25) is 0 Å². The van der Waals surface area contributed by atoms with Crippen LogP contribution < -0.4 is 15.0 Å². The number of nitrogens with one attached hydrogen (secondary N) is 1. The molecule has 3 aromatic carbocycles. The molecule has 5 rings (SSSR count). The Morgan fingerprint density at radius 1 is 1.09 bits per heavy atom. The number of aryl methyl sites for hydroxylation is 3. The summed E-state index contributed by atoms with van der Waals surface area (Å²) < 4.78 is 42.7. The maximum Gasteiger partial charge on any atom is 0.573 e. The van der Waals surface area contributed by atoms with Crippen LogP contribution in [0.4, 0.5) is 23.7 Å². The predicted octanol–water partition coefficient (Wildman–Crippen LogP) is 8.42. The second-order valence-corrected chi connectivity index (χ2v) is 13.1. The minimum absolute atomic E-state index is 0.253. The van der Waals surface area contributed by atoms with Crippen LogP contribution in [0, 0.1) is 26.7 Å². The van der Waals surface area contributed by atoms with Gasteiger partial charge >= 0.3 is 12.4 Å². The van der Waals surface area contributed by atoms with Crippen LogP contribution in [0.2, 0.25) is 0 Å². The lowest BCUT2D eigenvalue weighted by atomic mass is 9.97. The molecule has 4 aromatic rings. The monoisotopic (exact) mass is 664 g/mol. The van der Waals surface area contributed by atoms with Crippen LogP contribution in [0.25, 0.3) is 17.1 Å². The summed E-state index contributed by atoms with van der Waals surface area (Å²) in [5, 5.41) is 8.21. The molecule has 2 unspecified atom stereocenters. The second-order valence-electron chi connectivity index (χ2n) is 12.1. The molecule has 8 nitrogen and oxygen atoms in total. The van der Waals surface area contributed by atoms with Gasteiger partial charge in [-0.05, 0) is 93.8 Å². The van der Waals surface area contributed by atoms with Crippen LogP contribution in [0.15, 0.2) is 72.0 Å². The average Bonchev–Trinajstić information content (AvgIpc) is 3.48. The van der Waals surface area contributed by atoms with Gasteiger partial charge in [-0.2, -0.15) is 4.99 Å². The average molecular weight is 665 g/mol. The SMILES string of the molecule is Cc1cc(C)c(N2/C(=N/C(=O)NCCC(C)Cc3ccc(-c4ncn(-c5ccc(OC(F)(F)F)cc5)n4)cc3)SCCC2C)c(C)c1. The molecule has 47 heavy (non-hydrogen) atoms. The normalized spacial score (nSPS) is 16.7. The maximum atomic E-state index is 12.9. The quantitative estimate of drug-likeness (QED) is 0.193. The van der Waals surface area contributed by atoms with Crippen molar-refractivity contribution < 1.29 is 22.7 Å². The lowest BCUT2D eigenvalue weighted by Crippen LogP contribution is -2.43. The van der Waals surface area contributed by atoms with Gasteiger partial charge in [0, 0.05) is 29.6 Å². The third-order valence-corrected chi connectivity index (χ3v) is 9.01. The Balaban J connectivity index is 1.13. The molecule has 2 atom stereocenters. The van der Waals surface area contributed by atoms with Gasteiger partial charge in [-0.3, -0.25) is 0 Å². The molecule has 0 radical (unpaired) electrons. The number of amides is 2. The number of hydrogen-bond donors (Lipinski definition) is 1. The Hall–Kier alpha value is -4.32. The van der Waals surface area contributed by atoms with Gasteiger partial charge in [0.05, 0.1) is 5.69 Å². The lowest BCUT2D eigenvalue weighted by Gasteiger charge is -2.37. The maximum absolute atomic E-state index is 12.9. The Morgan fingerprint density at radius 2 is 1.77 bits per heavy atom. The van der Waals surface area contributed by atoms with Crippen molar-refractivity contribution in [3.05, 3.63) is 89.2 Å². The first-order valence-corrected chi connectivity index (χ1v) is 16.6. The van der Waals surface area contributed by atoms with Gasteiger partial charge in [0.15, 0.2) is 11.0 Å². The highest BCUT2D eigenvalue weighted by atomic mass is 32.2. The molecule has 1 saturated heterocycles. The standard InChI is InChI=1S/C35H39F3N6O2S/c1-22(14-16-39-33(45)41-34-44(26(5)15-17-47-34)31-24(3)18-23(2)19-25(31)4)20-27-6-8-28(9-7-27)32-40-21-43(42-32)29-10-12-30(13-11-29)46-35(36,37)38/h6-13,18-19,21-22,26H,14-17,20H2,1-5H3,(H,39,45)/b41-34-. The number of urea groups is 1. The fourth-order valence-electron chi connectivity index (χ4n) is 5.83. The van der Waals surface area contributed by atoms with Crippen molar-refractivity contribution in [3.63, 3.8) is 0 Å². The van der Waals surface area contributed by atoms with Crippen LogP contribution in [-0.2, 0) is 6.42 Å². The molecule has 248 valence electrons. The number of rotatable bonds is 9. The van der Waals surface area contributed by atoms with Crippen molar-refractivity contribution in [1.29, 1.82) is 0 Å². The summed E-state index contributed by atoms with van der Waals surface area (Å²) in [6.45, 7) is 11.2. The molecular weight excluding hydrogens is 625 g/mol. The van der Waals surface area contributed by atoms with Gasteiger partial charge in [0.1, 0.15) is 12.1 Å². The lowest BCUT2D eigenvalue weighted by molar-refractivity contribution is -0.274. The summed E-state index contributed by atoms with van der Waals surface area (Å²) in [5.41, 5.74) is 7.26. The number of benzene rings is 3. The van der Waals surface area contributed by atoms with E-state index < -0.39 is 6.36 Å². The Labute approximate surface area is 277 Å². The predicted molar refractivity (Wildman–Crippen MR) is 181 cm³/mol. The molecule has 1 aromatic heterocycles. The van der Waals surface area contributed by atoms with Crippen LogP contribution in [0.5, 0.6) is 5.75 Å². The van der Waals surface area contributed by atoms with Gasteiger partial charge in [-0.25, -0.2) is 14.5 Å². The molecule has 1 aliphatic heterocycles. The van der Waals surface area contributed by atoms with E-state index in [1.54, 1.807) is 11.8 Å². The number of hydrogen-bond acceptors (Lipinski definition) is 5. The zero-order valence-corrected chi connectivity index (χ0v) is 28.0. The number of halogens is 3. The highest BCUT2D eigenvalue weighted by Crippen LogP contribution is 2.34. The van der Waals surface area contributed by atoms with E-state index in [0.29, 0.717) is 24.0 Å². The third kappa shape index (κ3) is 8.94. The van der Waals surface area contributed by atoms with E-state index in [9.17, 15) is 18.0 Å². The van der Waals surface area contributed by atoms with E-state index in [0.717, 1.165) is 47.0 Å². The zero-order chi connectivity index (χ0) is 33.7. The van der Waals surface area contributed by atoms with Crippen LogP contribution in [0.3, 0.4) is 0 Å². The molecule has 2 amide bonds. The first-order valence-electron chi connectivity index (χ1n) is 15.6. The molecular formula is C35H39F3N6O2S. The molecule has 0 bridgehead atoms. The van der Waals surface area contributed by atoms with E-state index in [1.165, 1.54) is 52.0 Å². The minimum atomic E-state index is -4.74. The Morgan fingerprint density at radius 3 is 2.43 bits per heavy atom. The van der Waals surface area contributed by atoms with Crippen molar-refractivity contribution in [2.75, 3.05) is 17.2 Å². The van der Waals surface area contributed by atoms with Gasteiger partial charge < -0.3 is 15.0 Å². The van der Waals surface area contributed by atoms with Crippen LogP contribution in [-0.4, -0.2) is 50.7 Å². The van der Waals surface area contributed by atoms with Crippen molar-refractivity contribution in [2.45, 2.75) is 66.3 Å². The minimum Gasteiger partial charge on any atom is -0.406 e.